The predicted molar refractivity (Wildman–Crippen MR) is 73.8 cm³/mol. The third-order valence-corrected chi connectivity index (χ3v) is 2.62. The Morgan fingerprint density at radius 1 is 1.32 bits per heavy atom. The first-order valence-electron chi connectivity index (χ1n) is 5.72. The number of nitrogens with one attached hydrogen (secondary N) is 1. The summed E-state index contributed by atoms with van der Waals surface area (Å²) < 4.78 is 0. The number of hydrogen-bond donors (Lipinski definition) is 2. The number of benzene rings is 1. The van der Waals surface area contributed by atoms with Gasteiger partial charge >= 0.3 is 0 Å². The molecule has 1 aromatic carbocycles. The van der Waals surface area contributed by atoms with Crippen LogP contribution in [0.25, 0.3) is 6.08 Å². The molecule has 2 rings (SSSR count). The number of anilines is 1. The van der Waals surface area contributed by atoms with Crippen molar-refractivity contribution in [2.75, 3.05) is 5.73 Å². The second-order valence-electron chi connectivity index (χ2n) is 4.01. The Kier molecular flexibility index (Phi) is 3.56. The van der Waals surface area contributed by atoms with Gasteiger partial charge in [0.2, 0.25) is 5.95 Å². The van der Waals surface area contributed by atoms with Crippen molar-refractivity contribution >= 4 is 17.8 Å². The molecule has 0 unspecified atom stereocenters. The molecular formula is C14H13N3O2. The van der Waals surface area contributed by atoms with Gasteiger partial charge in [0.1, 0.15) is 0 Å². The van der Waals surface area contributed by atoms with Crippen molar-refractivity contribution < 1.29 is 4.79 Å². The topological polar surface area (TPSA) is 88.8 Å². The van der Waals surface area contributed by atoms with Crippen molar-refractivity contribution in [2.45, 2.75) is 6.92 Å². The standard InChI is InChI=1S/C14H13N3O2/c1-9-11(13(19)17-14(15)16-9)7-8-12(18)10-5-3-2-4-6-10/h2-8H,1H3,(H3,15,16,17,19)/b8-7-. The fourth-order valence-electron chi connectivity index (χ4n) is 1.67. The van der Waals surface area contributed by atoms with Crippen molar-refractivity contribution in [1.29, 1.82) is 0 Å². The number of hydrogen-bond acceptors (Lipinski definition) is 4. The van der Waals surface area contributed by atoms with E-state index in [-0.39, 0.29) is 17.3 Å². The smallest absolute Gasteiger partial charge is 0.259 e. The van der Waals surface area contributed by atoms with Gasteiger partial charge in [0, 0.05) is 5.56 Å². The lowest BCUT2D eigenvalue weighted by molar-refractivity contribution is 0.104. The lowest BCUT2D eigenvalue weighted by atomic mass is 10.1. The maximum atomic E-state index is 11.9. The maximum Gasteiger partial charge on any atom is 0.259 e. The molecule has 96 valence electrons. The molecule has 2 aromatic rings. The van der Waals surface area contributed by atoms with Crippen LogP contribution < -0.4 is 11.3 Å². The summed E-state index contributed by atoms with van der Waals surface area (Å²) in [6.45, 7) is 1.66. The molecule has 5 heteroatoms. The van der Waals surface area contributed by atoms with Crippen molar-refractivity contribution in [3.8, 4) is 0 Å². The molecule has 0 aliphatic carbocycles. The zero-order chi connectivity index (χ0) is 13.8. The van der Waals surface area contributed by atoms with Gasteiger partial charge in [-0.1, -0.05) is 30.3 Å². The van der Waals surface area contributed by atoms with Crippen molar-refractivity contribution in [3.05, 3.63) is 63.6 Å². The number of H-pyrrole nitrogens is 1. The first-order chi connectivity index (χ1) is 9.08. The van der Waals surface area contributed by atoms with E-state index in [4.69, 9.17) is 5.73 Å². The fourth-order valence-corrected chi connectivity index (χ4v) is 1.67. The molecule has 0 spiro atoms. The van der Waals surface area contributed by atoms with Crippen LogP contribution in [0.3, 0.4) is 0 Å². The van der Waals surface area contributed by atoms with Crippen LogP contribution in [-0.2, 0) is 0 Å². The number of carbonyl (C=O) groups is 1. The molecule has 0 aliphatic rings. The number of aromatic nitrogens is 2. The highest BCUT2D eigenvalue weighted by atomic mass is 16.1. The van der Waals surface area contributed by atoms with E-state index in [0.29, 0.717) is 16.8 Å². The second kappa shape index (κ2) is 5.30. The van der Waals surface area contributed by atoms with Crippen molar-refractivity contribution in [3.63, 3.8) is 0 Å². The minimum atomic E-state index is -0.359. The Bertz CT molecular complexity index is 688. The Balaban J connectivity index is 2.30. The van der Waals surface area contributed by atoms with E-state index in [1.807, 2.05) is 6.07 Å². The van der Waals surface area contributed by atoms with Gasteiger partial charge in [-0.15, -0.1) is 0 Å². The van der Waals surface area contributed by atoms with Gasteiger partial charge in [-0.3, -0.25) is 14.6 Å². The molecule has 1 aromatic heterocycles. The number of aryl methyl sites for hydroxylation is 1. The van der Waals surface area contributed by atoms with Gasteiger partial charge < -0.3 is 5.73 Å². The van der Waals surface area contributed by atoms with Crippen LogP contribution in [0.4, 0.5) is 5.95 Å². The number of nitrogens with zero attached hydrogens (tertiary/aromatic N) is 1. The third kappa shape index (κ3) is 2.95. The van der Waals surface area contributed by atoms with E-state index in [1.54, 1.807) is 31.2 Å². The quantitative estimate of drug-likeness (QED) is 0.643. The van der Waals surface area contributed by atoms with Gasteiger partial charge in [0.25, 0.3) is 5.56 Å². The molecule has 5 nitrogen and oxygen atoms in total. The molecule has 3 N–H and O–H groups in total. The minimum absolute atomic E-state index is 0.0639. The number of allylic oxidation sites excluding steroid dienone is 1. The summed E-state index contributed by atoms with van der Waals surface area (Å²) in [5.41, 5.74) is 6.44. The van der Waals surface area contributed by atoms with Crippen LogP contribution in [0.5, 0.6) is 0 Å². The van der Waals surface area contributed by atoms with Crippen LogP contribution in [0, 0.1) is 6.92 Å². The van der Waals surface area contributed by atoms with Gasteiger partial charge in [-0.2, -0.15) is 0 Å². The van der Waals surface area contributed by atoms with E-state index in [1.165, 1.54) is 12.2 Å². The zero-order valence-electron chi connectivity index (χ0n) is 10.4. The summed E-state index contributed by atoms with van der Waals surface area (Å²) in [5, 5.41) is 0. The highest BCUT2D eigenvalue weighted by Crippen LogP contribution is 2.05. The first kappa shape index (κ1) is 12.8. The molecular weight excluding hydrogens is 242 g/mol. The van der Waals surface area contributed by atoms with Gasteiger partial charge in [0.05, 0.1) is 11.3 Å². The molecule has 0 amide bonds. The molecule has 0 fully saturated rings. The largest absolute Gasteiger partial charge is 0.369 e. The SMILES string of the molecule is Cc1nc(N)[nH]c(=O)c1/C=C\C(=O)c1ccccc1. The number of ketones is 1. The number of aromatic amines is 1. The number of carbonyl (C=O) groups excluding carboxylic acids is 1. The van der Waals surface area contributed by atoms with Crippen LogP contribution >= 0.6 is 0 Å². The molecule has 0 radical (unpaired) electrons. The van der Waals surface area contributed by atoms with E-state index in [2.05, 4.69) is 9.97 Å². The molecule has 0 saturated carbocycles. The summed E-state index contributed by atoms with van der Waals surface area (Å²) in [5.74, 6) is -0.106. The number of rotatable bonds is 3. The van der Waals surface area contributed by atoms with Crippen molar-refractivity contribution in [1.82, 2.24) is 9.97 Å². The zero-order valence-corrected chi connectivity index (χ0v) is 10.4. The predicted octanol–water partition coefficient (Wildman–Crippen LogP) is 1.56. The van der Waals surface area contributed by atoms with E-state index < -0.39 is 0 Å². The summed E-state index contributed by atoms with van der Waals surface area (Å²) >= 11 is 0. The molecule has 0 atom stereocenters. The van der Waals surface area contributed by atoms with Gasteiger partial charge in [0.15, 0.2) is 5.78 Å². The lowest BCUT2D eigenvalue weighted by Crippen LogP contribution is -2.15. The Labute approximate surface area is 109 Å². The summed E-state index contributed by atoms with van der Waals surface area (Å²) in [6.07, 6.45) is 2.81. The van der Waals surface area contributed by atoms with E-state index in [9.17, 15) is 9.59 Å². The first-order valence-corrected chi connectivity index (χ1v) is 5.72. The minimum Gasteiger partial charge on any atom is -0.369 e. The average Bonchev–Trinajstić information content (AvgIpc) is 2.38. The summed E-state index contributed by atoms with van der Waals surface area (Å²) in [4.78, 5) is 29.9. The Morgan fingerprint density at radius 2 is 2.00 bits per heavy atom. The van der Waals surface area contributed by atoms with Gasteiger partial charge in [-0.05, 0) is 19.1 Å². The summed E-state index contributed by atoms with van der Waals surface area (Å²) in [6, 6.07) is 8.82. The van der Waals surface area contributed by atoms with Gasteiger partial charge in [-0.25, -0.2) is 4.98 Å². The van der Waals surface area contributed by atoms with E-state index in [0.717, 1.165) is 0 Å². The highest BCUT2D eigenvalue weighted by Gasteiger charge is 2.05. The summed E-state index contributed by atoms with van der Waals surface area (Å²) in [7, 11) is 0. The van der Waals surface area contributed by atoms with E-state index >= 15 is 0 Å². The van der Waals surface area contributed by atoms with Crippen LogP contribution in [0.15, 0.2) is 41.2 Å². The van der Waals surface area contributed by atoms with Crippen LogP contribution in [0.1, 0.15) is 21.6 Å². The second-order valence-corrected chi connectivity index (χ2v) is 4.01. The molecule has 0 aliphatic heterocycles. The normalized spacial score (nSPS) is 10.8. The molecule has 1 heterocycles. The molecule has 19 heavy (non-hydrogen) atoms. The third-order valence-electron chi connectivity index (χ3n) is 2.62. The van der Waals surface area contributed by atoms with Crippen molar-refractivity contribution in [2.24, 2.45) is 0 Å². The van der Waals surface area contributed by atoms with Crippen LogP contribution in [0.2, 0.25) is 0 Å². The highest BCUT2D eigenvalue weighted by molar-refractivity contribution is 6.06. The lowest BCUT2D eigenvalue weighted by Gasteiger charge is -2.00. The average molecular weight is 255 g/mol. The Hall–Kier alpha value is -2.69. The Morgan fingerprint density at radius 3 is 2.63 bits per heavy atom. The number of nitrogens with two attached hydrogens (primary N) is 1. The monoisotopic (exact) mass is 255 g/mol. The van der Waals surface area contributed by atoms with Crippen LogP contribution in [-0.4, -0.2) is 15.8 Å². The maximum absolute atomic E-state index is 11.9. The molecule has 0 saturated heterocycles. The number of nitrogen functional groups attached to an aromatic ring is 1. The fraction of sp³-hybridized carbons (Fsp3) is 0.0714. The molecule has 0 bridgehead atoms.